The van der Waals surface area contributed by atoms with Gasteiger partial charge in [-0.2, -0.15) is 0 Å². The van der Waals surface area contributed by atoms with Crippen molar-refractivity contribution < 1.29 is 19.1 Å². The van der Waals surface area contributed by atoms with Gasteiger partial charge in [0.2, 0.25) is 0 Å². The molecule has 7 heteroatoms. The standard InChI is InChI=1S/C17H19ClN2O4/c1-11(12-6-2-3-7-13(12)18)24-14(21)10-20-15(22)17(19-16(20)23)8-4-5-9-17/h2-3,6-7,11H,4-5,8-10H2,1H3,(H,19,23)/t11-/m0/s1. The van der Waals surface area contributed by atoms with E-state index in [1.165, 1.54) is 0 Å². The van der Waals surface area contributed by atoms with Crippen molar-refractivity contribution in [2.24, 2.45) is 0 Å². The minimum atomic E-state index is -0.814. The smallest absolute Gasteiger partial charge is 0.326 e. The molecule has 6 nitrogen and oxygen atoms in total. The van der Waals surface area contributed by atoms with Gasteiger partial charge in [-0.15, -0.1) is 0 Å². The number of carbonyl (C=O) groups excluding carboxylic acids is 3. The van der Waals surface area contributed by atoms with Gasteiger partial charge in [-0.3, -0.25) is 14.5 Å². The van der Waals surface area contributed by atoms with E-state index in [4.69, 9.17) is 16.3 Å². The lowest BCUT2D eigenvalue weighted by Crippen LogP contribution is -2.44. The number of hydrogen-bond donors (Lipinski definition) is 1. The Balaban J connectivity index is 1.64. The van der Waals surface area contributed by atoms with E-state index in [1.54, 1.807) is 31.2 Å². The Morgan fingerprint density at radius 3 is 2.67 bits per heavy atom. The number of urea groups is 1. The average Bonchev–Trinajstić information content (AvgIpc) is 3.09. The monoisotopic (exact) mass is 350 g/mol. The molecule has 0 unspecified atom stereocenters. The topological polar surface area (TPSA) is 75.7 Å². The van der Waals surface area contributed by atoms with Crippen LogP contribution in [0.15, 0.2) is 24.3 Å². The van der Waals surface area contributed by atoms with Gasteiger partial charge < -0.3 is 10.1 Å². The molecule has 1 aliphatic carbocycles. The normalized spacial score (nSPS) is 20.3. The summed E-state index contributed by atoms with van der Waals surface area (Å²) in [6.45, 7) is 1.31. The first-order valence-corrected chi connectivity index (χ1v) is 8.39. The van der Waals surface area contributed by atoms with Gasteiger partial charge in [0.15, 0.2) is 0 Å². The molecule has 2 aliphatic rings. The van der Waals surface area contributed by atoms with Gasteiger partial charge in [0.05, 0.1) is 0 Å². The second-order valence-corrected chi connectivity index (χ2v) is 6.67. The van der Waals surface area contributed by atoms with Gasteiger partial charge in [0.1, 0.15) is 18.2 Å². The first-order chi connectivity index (χ1) is 11.4. The zero-order valence-corrected chi connectivity index (χ0v) is 14.1. The van der Waals surface area contributed by atoms with E-state index in [-0.39, 0.29) is 12.5 Å². The van der Waals surface area contributed by atoms with E-state index in [2.05, 4.69) is 5.32 Å². The molecule has 0 bridgehead atoms. The Bertz CT molecular complexity index is 685. The van der Waals surface area contributed by atoms with Crippen LogP contribution in [0.4, 0.5) is 4.79 Å². The molecule has 24 heavy (non-hydrogen) atoms. The van der Waals surface area contributed by atoms with Crippen LogP contribution in [0.25, 0.3) is 0 Å². The third-order valence-electron chi connectivity index (χ3n) is 4.64. The van der Waals surface area contributed by atoms with Crippen LogP contribution < -0.4 is 5.32 Å². The second kappa shape index (κ2) is 6.43. The molecule has 3 amide bonds. The third kappa shape index (κ3) is 2.98. The lowest BCUT2D eigenvalue weighted by molar-refractivity contribution is -0.152. The predicted octanol–water partition coefficient (Wildman–Crippen LogP) is 2.81. The van der Waals surface area contributed by atoms with Crippen molar-refractivity contribution in [2.45, 2.75) is 44.2 Å². The lowest BCUT2D eigenvalue weighted by atomic mass is 9.98. The van der Waals surface area contributed by atoms with E-state index in [0.29, 0.717) is 23.4 Å². The van der Waals surface area contributed by atoms with Gasteiger partial charge in [0.25, 0.3) is 5.91 Å². The van der Waals surface area contributed by atoms with Gasteiger partial charge in [-0.05, 0) is 25.8 Å². The van der Waals surface area contributed by atoms with Crippen LogP contribution in [0, 0.1) is 0 Å². The number of imide groups is 1. The van der Waals surface area contributed by atoms with Crippen molar-refractivity contribution in [1.29, 1.82) is 0 Å². The summed E-state index contributed by atoms with van der Waals surface area (Å²) in [5.74, 6) is -0.965. The minimum Gasteiger partial charge on any atom is -0.456 e. The zero-order valence-electron chi connectivity index (χ0n) is 13.4. The molecular weight excluding hydrogens is 332 g/mol. The van der Waals surface area contributed by atoms with Crippen molar-refractivity contribution in [2.75, 3.05) is 6.54 Å². The Morgan fingerprint density at radius 1 is 1.33 bits per heavy atom. The Morgan fingerprint density at radius 2 is 2.00 bits per heavy atom. The number of carbonyl (C=O) groups is 3. The van der Waals surface area contributed by atoms with Gasteiger partial charge in [-0.25, -0.2) is 4.79 Å². The molecule has 1 heterocycles. The van der Waals surface area contributed by atoms with E-state index in [0.717, 1.165) is 17.7 Å². The molecule has 1 saturated heterocycles. The first kappa shape index (κ1) is 16.8. The summed E-state index contributed by atoms with van der Waals surface area (Å²) in [6.07, 6.45) is 2.48. The fraction of sp³-hybridized carbons (Fsp3) is 0.471. The second-order valence-electron chi connectivity index (χ2n) is 6.26. The van der Waals surface area contributed by atoms with E-state index < -0.39 is 23.6 Å². The van der Waals surface area contributed by atoms with Gasteiger partial charge >= 0.3 is 12.0 Å². The van der Waals surface area contributed by atoms with Crippen molar-refractivity contribution in [3.05, 3.63) is 34.9 Å². The molecule has 1 N–H and O–H groups in total. The molecule has 0 aromatic heterocycles. The summed E-state index contributed by atoms with van der Waals surface area (Å²) < 4.78 is 5.33. The molecule has 0 radical (unpaired) electrons. The molecule has 128 valence electrons. The molecule has 1 aliphatic heterocycles. The maximum atomic E-state index is 12.5. The highest BCUT2D eigenvalue weighted by Crippen LogP contribution is 2.35. The number of rotatable bonds is 4. The SMILES string of the molecule is C[C@H](OC(=O)CN1C(=O)NC2(CCCC2)C1=O)c1ccccc1Cl. The summed E-state index contributed by atoms with van der Waals surface area (Å²) in [7, 11) is 0. The molecule has 2 fully saturated rings. The van der Waals surface area contributed by atoms with Crippen LogP contribution >= 0.6 is 11.6 Å². The maximum absolute atomic E-state index is 12.5. The zero-order chi connectivity index (χ0) is 17.3. The van der Waals surface area contributed by atoms with E-state index in [9.17, 15) is 14.4 Å². The summed E-state index contributed by atoms with van der Waals surface area (Å²) in [4.78, 5) is 37.7. The molecular formula is C17H19ClN2O4. The molecule has 3 rings (SSSR count). The van der Waals surface area contributed by atoms with Crippen LogP contribution in [0.5, 0.6) is 0 Å². The van der Waals surface area contributed by atoms with Crippen LogP contribution in [0.3, 0.4) is 0 Å². The maximum Gasteiger partial charge on any atom is 0.326 e. The minimum absolute atomic E-state index is 0.327. The van der Waals surface area contributed by atoms with Crippen LogP contribution in [0.1, 0.15) is 44.3 Å². The summed E-state index contributed by atoms with van der Waals surface area (Å²) in [5, 5.41) is 3.24. The number of esters is 1. The molecule has 1 spiro atoms. The number of halogens is 1. The number of amides is 3. The van der Waals surface area contributed by atoms with Crippen LogP contribution in [-0.2, 0) is 14.3 Å². The van der Waals surface area contributed by atoms with Crippen LogP contribution in [0.2, 0.25) is 5.02 Å². The number of nitrogens with one attached hydrogen (secondary N) is 1. The summed E-state index contributed by atoms with van der Waals surface area (Å²) in [5.41, 5.74) is -0.136. The Labute approximate surface area is 145 Å². The fourth-order valence-electron chi connectivity index (χ4n) is 3.37. The molecule has 1 atom stereocenters. The first-order valence-electron chi connectivity index (χ1n) is 8.01. The predicted molar refractivity (Wildman–Crippen MR) is 87.4 cm³/mol. The quantitative estimate of drug-likeness (QED) is 0.669. The average molecular weight is 351 g/mol. The van der Waals surface area contributed by atoms with Crippen molar-refractivity contribution >= 4 is 29.5 Å². The summed E-state index contributed by atoms with van der Waals surface area (Å²) in [6, 6.07) is 6.54. The third-order valence-corrected chi connectivity index (χ3v) is 4.99. The van der Waals surface area contributed by atoms with Crippen LogP contribution in [-0.4, -0.2) is 34.9 Å². The molecule has 1 aromatic carbocycles. The van der Waals surface area contributed by atoms with E-state index in [1.807, 2.05) is 0 Å². The van der Waals surface area contributed by atoms with Crippen molar-refractivity contribution in [1.82, 2.24) is 10.2 Å². The molecule has 1 saturated carbocycles. The Kier molecular flexibility index (Phi) is 4.49. The lowest BCUT2D eigenvalue weighted by Gasteiger charge is -2.20. The van der Waals surface area contributed by atoms with Gasteiger partial charge in [0, 0.05) is 10.6 Å². The highest BCUT2D eigenvalue weighted by molar-refractivity contribution is 6.31. The largest absolute Gasteiger partial charge is 0.456 e. The fourth-order valence-corrected chi connectivity index (χ4v) is 3.66. The summed E-state index contributed by atoms with van der Waals surface area (Å²) >= 11 is 6.08. The Hall–Kier alpha value is -2.08. The number of benzene rings is 1. The van der Waals surface area contributed by atoms with Gasteiger partial charge in [-0.1, -0.05) is 42.6 Å². The molecule has 1 aromatic rings. The number of ether oxygens (including phenoxy) is 1. The highest BCUT2D eigenvalue weighted by Gasteiger charge is 2.52. The highest BCUT2D eigenvalue weighted by atomic mass is 35.5. The number of hydrogen-bond acceptors (Lipinski definition) is 4. The van der Waals surface area contributed by atoms with Crippen molar-refractivity contribution in [3.63, 3.8) is 0 Å². The van der Waals surface area contributed by atoms with E-state index >= 15 is 0 Å². The van der Waals surface area contributed by atoms with Crippen molar-refractivity contribution in [3.8, 4) is 0 Å². The number of nitrogens with zero attached hydrogens (tertiary/aromatic N) is 1.